The molecule has 3 heterocycles. The van der Waals surface area contributed by atoms with Gasteiger partial charge in [-0.2, -0.15) is 0 Å². The minimum absolute atomic E-state index is 0.255. The second-order valence-electron chi connectivity index (χ2n) is 5.44. The molecule has 116 valence electrons. The first-order valence-corrected chi connectivity index (χ1v) is 9.56. The molecule has 0 bridgehead atoms. The molecule has 0 saturated heterocycles. The number of nitrogens with zero attached hydrogens (tertiary/aromatic N) is 2. The van der Waals surface area contributed by atoms with Crippen molar-refractivity contribution in [1.82, 2.24) is 10.3 Å². The molecule has 0 aliphatic carbocycles. The summed E-state index contributed by atoms with van der Waals surface area (Å²) in [5, 5.41) is 8.08. The summed E-state index contributed by atoms with van der Waals surface area (Å²) in [6, 6.07) is 15.1. The number of pyridine rings is 1. The largest absolute Gasteiger partial charge is 0.357 e. The number of amidine groups is 1. The number of benzene rings is 1. The third-order valence-electron chi connectivity index (χ3n) is 3.93. The Morgan fingerprint density at radius 3 is 2.91 bits per heavy atom. The molecule has 1 N–H and O–H groups in total. The maximum atomic E-state index is 4.55. The summed E-state index contributed by atoms with van der Waals surface area (Å²) in [7, 11) is 0. The molecule has 1 aliphatic rings. The number of rotatable bonds is 4. The van der Waals surface area contributed by atoms with E-state index in [0.29, 0.717) is 0 Å². The summed E-state index contributed by atoms with van der Waals surface area (Å²) in [5.74, 6) is 1.08. The lowest BCUT2D eigenvalue weighted by Gasteiger charge is -2.19. The molecule has 0 saturated carbocycles. The van der Waals surface area contributed by atoms with Gasteiger partial charge in [0.25, 0.3) is 0 Å². The van der Waals surface area contributed by atoms with Gasteiger partial charge in [-0.05, 0) is 35.6 Å². The SMILES string of the molecule is c1csc(C(Cc2ccnc3ccccc23)NC2=NCCS2)c1. The predicted molar refractivity (Wildman–Crippen MR) is 100 cm³/mol. The van der Waals surface area contributed by atoms with Crippen LogP contribution in [-0.2, 0) is 6.42 Å². The van der Waals surface area contributed by atoms with Crippen LogP contribution in [0.2, 0.25) is 0 Å². The van der Waals surface area contributed by atoms with Crippen molar-refractivity contribution in [2.75, 3.05) is 12.3 Å². The van der Waals surface area contributed by atoms with Crippen molar-refractivity contribution in [3.63, 3.8) is 0 Å². The summed E-state index contributed by atoms with van der Waals surface area (Å²) >= 11 is 3.61. The monoisotopic (exact) mass is 339 g/mol. The lowest BCUT2D eigenvalue weighted by Crippen LogP contribution is -2.26. The van der Waals surface area contributed by atoms with Crippen LogP contribution >= 0.6 is 23.1 Å². The highest BCUT2D eigenvalue weighted by Crippen LogP contribution is 2.27. The van der Waals surface area contributed by atoms with Gasteiger partial charge in [0.15, 0.2) is 5.17 Å². The van der Waals surface area contributed by atoms with Crippen molar-refractivity contribution >= 4 is 39.2 Å². The number of fused-ring (bicyclic) bond motifs is 1. The molecule has 4 rings (SSSR count). The van der Waals surface area contributed by atoms with Crippen molar-refractivity contribution in [2.24, 2.45) is 4.99 Å². The minimum atomic E-state index is 0.255. The fourth-order valence-electron chi connectivity index (χ4n) is 2.84. The summed E-state index contributed by atoms with van der Waals surface area (Å²) in [6.45, 7) is 0.919. The Balaban J connectivity index is 1.66. The molecule has 1 atom stereocenters. The van der Waals surface area contributed by atoms with Gasteiger partial charge in [-0.3, -0.25) is 9.98 Å². The molecule has 1 aromatic carbocycles. The maximum absolute atomic E-state index is 4.55. The quantitative estimate of drug-likeness (QED) is 0.771. The number of nitrogens with one attached hydrogen (secondary N) is 1. The Hall–Kier alpha value is -1.85. The van der Waals surface area contributed by atoms with Crippen molar-refractivity contribution in [3.05, 3.63) is 64.5 Å². The predicted octanol–water partition coefficient (Wildman–Crippen LogP) is 4.27. The second kappa shape index (κ2) is 6.72. The molecule has 3 nitrogen and oxygen atoms in total. The van der Waals surface area contributed by atoms with Crippen LogP contribution in [0, 0.1) is 0 Å². The Morgan fingerprint density at radius 1 is 1.13 bits per heavy atom. The van der Waals surface area contributed by atoms with Gasteiger partial charge in [0, 0.05) is 22.2 Å². The molecule has 1 aliphatic heterocycles. The van der Waals surface area contributed by atoms with E-state index in [1.54, 1.807) is 11.3 Å². The normalized spacial score (nSPS) is 15.6. The number of hydrogen-bond donors (Lipinski definition) is 1. The van der Waals surface area contributed by atoms with Crippen LogP contribution in [0.4, 0.5) is 0 Å². The van der Waals surface area contributed by atoms with Crippen LogP contribution in [0.3, 0.4) is 0 Å². The van der Waals surface area contributed by atoms with Gasteiger partial charge in [0.2, 0.25) is 0 Å². The minimum Gasteiger partial charge on any atom is -0.357 e. The van der Waals surface area contributed by atoms with Gasteiger partial charge in [0.1, 0.15) is 0 Å². The van der Waals surface area contributed by atoms with Gasteiger partial charge in [-0.1, -0.05) is 36.0 Å². The molecule has 1 unspecified atom stereocenters. The van der Waals surface area contributed by atoms with Crippen molar-refractivity contribution in [2.45, 2.75) is 12.5 Å². The zero-order chi connectivity index (χ0) is 15.5. The van der Waals surface area contributed by atoms with Gasteiger partial charge in [-0.15, -0.1) is 11.3 Å². The molecule has 3 aromatic rings. The highest BCUT2D eigenvalue weighted by atomic mass is 32.2. The van der Waals surface area contributed by atoms with Crippen molar-refractivity contribution in [1.29, 1.82) is 0 Å². The first-order chi connectivity index (χ1) is 11.4. The van der Waals surface area contributed by atoms with E-state index < -0.39 is 0 Å². The number of thiophene rings is 1. The number of aliphatic imine (C=N–C) groups is 1. The van der Waals surface area contributed by atoms with E-state index in [9.17, 15) is 0 Å². The van der Waals surface area contributed by atoms with E-state index in [1.165, 1.54) is 15.8 Å². The Labute approximate surface area is 143 Å². The van der Waals surface area contributed by atoms with Crippen LogP contribution < -0.4 is 5.32 Å². The number of para-hydroxylation sites is 1. The smallest absolute Gasteiger partial charge is 0.157 e. The first-order valence-electron chi connectivity index (χ1n) is 7.70. The molecule has 0 radical (unpaired) electrons. The summed E-state index contributed by atoms with van der Waals surface area (Å²) in [4.78, 5) is 10.4. The number of hydrogen-bond acceptors (Lipinski definition) is 5. The van der Waals surface area contributed by atoms with Crippen molar-refractivity contribution < 1.29 is 0 Å². The summed E-state index contributed by atoms with van der Waals surface area (Å²) in [5.41, 5.74) is 2.38. The Bertz CT molecular complexity index is 822. The Morgan fingerprint density at radius 2 is 2.09 bits per heavy atom. The first kappa shape index (κ1) is 14.7. The summed E-state index contributed by atoms with van der Waals surface area (Å²) < 4.78 is 0. The molecule has 23 heavy (non-hydrogen) atoms. The molecule has 5 heteroatoms. The fraction of sp³-hybridized carbons (Fsp3) is 0.222. The van der Waals surface area contributed by atoms with Crippen LogP contribution in [0.25, 0.3) is 10.9 Å². The average Bonchev–Trinajstić information content (AvgIpc) is 3.28. The highest BCUT2D eigenvalue weighted by molar-refractivity contribution is 8.14. The van der Waals surface area contributed by atoms with E-state index >= 15 is 0 Å². The van der Waals surface area contributed by atoms with E-state index in [4.69, 9.17) is 0 Å². The second-order valence-corrected chi connectivity index (χ2v) is 7.50. The zero-order valence-electron chi connectivity index (χ0n) is 12.6. The van der Waals surface area contributed by atoms with Crippen LogP contribution in [-0.4, -0.2) is 22.4 Å². The van der Waals surface area contributed by atoms with Crippen molar-refractivity contribution in [3.8, 4) is 0 Å². The molecule has 0 fully saturated rings. The van der Waals surface area contributed by atoms with E-state index in [-0.39, 0.29) is 6.04 Å². The van der Waals surface area contributed by atoms with Crippen LogP contribution in [0.1, 0.15) is 16.5 Å². The van der Waals surface area contributed by atoms with Crippen LogP contribution in [0.5, 0.6) is 0 Å². The third-order valence-corrected chi connectivity index (χ3v) is 5.83. The van der Waals surface area contributed by atoms with Gasteiger partial charge >= 0.3 is 0 Å². The highest BCUT2D eigenvalue weighted by Gasteiger charge is 2.18. The zero-order valence-corrected chi connectivity index (χ0v) is 14.2. The topological polar surface area (TPSA) is 37.3 Å². The molecule has 2 aromatic heterocycles. The van der Waals surface area contributed by atoms with E-state index in [0.717, 1.165) is 29.4 Å². The van der Waals surface area contributed by atoms with E-state index in [2.05, 4.69) is 57.1 Å². The third kappa shape index (κ3) is 3.26. The van der Waals surface area contributed by atoms with E-state index in [1.807, 2.05) is 24.0 Å². The maximum Gasteiger partial charge on any atom is 0.157 e. The summed E-state index contributed by atoms with van der Waals surface area (Å²) in [6.07, 6.45) is 2.84. The molecule has 0 spiro atoms. The van der Waals surface area contributed by atoms with Gasteiger partial charge in [0.05, 0.1) is 18.1 Å². The lowest BCUT2D eigenvalue weighted by atomic mass is 10.0. The average molecular weight is 339 g/mol. The van der Waals surface area contributed by atoms with Crippen LogP contribution in [0.15, 0.2) is 59.0 Å². The lowest BCUT2D eigenvalue weighted by molar-refractivity contribution is 0.662. The number of thioether (sulfide) groups is 1. The standard InChI is InChI=1S/C18H17N3S2/c1-2-5-15-14(4-1)13(7-8-19-15)12-16(17-6-3-10-22-17)21-18-20-9-11-23-18/h1-8,10,16H,9,11-12H2,(H,20,21). The molecular weight excluding hydrogens is 322 g/mol. The molecule has 0 amide bonds. The molecular formula is C18H17N3S2. The van der Waals surface area contributed by atoms with Gasteiger partial charge in [-0.25, -0.2) is 0 Å². The fourth-order valence-corrected chi connectivity index (χ4v) is 4.40. The number of aromatic nitrogens is 1. The van der Waals surface area contributed by atoms with Gasteiger partial charge < -0.3 is 5.32 Å². The Kier molecular flexibility index (Phi) is 4.30.